The number of carbonyl (C=O) groups is 3. The number of aryl methyl sites for hydroxylation is 1. The van der Waals surface area contributed by atoms with Crippen molar-refractivity contribution >= 4 is 34.2 Å². The van der Waals surface area contributed by atoms with Crippen molar-refractivity contribution in [2.24, 2.45) is 0 Å². The van der Waals surface area contributed by atoms with Crippen molar-refractivity contribution in [2.45, 2.75) is 19.8 Å². The van der Waals surface area contributed by atoms with E-state index in [2.05, 4.69) is 5.32 Å². The Morgan fingerprint density at radius 1 is 0.893 bits per heavy atom. The third kappa shape index (κ3) is 3.16. The molecule has 0 atom stereocenters. The first-order valence-electron chi connectivity index (χ1n) is 9.29. The molecule has 5 nitrogen and oxygen atoms in total. The van der Waals surface area contributed by atoms with Crippen LogP contribution in [0.1, 0.15) is 39.1 Å². The molecule has 1 aliphatic rings. The minimum atomic E-state index is -0.298. The first-order chi connectivity index (χ1) is 13.6. The summed E-state index contributed by atoms with van der Waals surface area (Å²) < 4.78 is 0. The van der Waals surface area contributed by atoms with Crippen LogP contribution in [-0.2, 0) is 4.79 Å². The van der Waals surface area contributed by atoms with Gasteiger partial charge in [-0.05, 0) is 42.5 Å². The van der Waals surface area contributed by atoms with Crippen LogP contribution in [0.25, 0.3) is 10.8 Å². The van der Waals surface area contributed by atoms with Crippen LogP contribution in [0.2, 0.25) is 0 Å². The van der Waals surface area contributed by atoms with Gasteiger partial charge in [0.2, 0.25) is 5.91 Å². The highest BCUT2D eigenvalue weighted by Crippen LogP contribution is 2.30. The summed E-state index contributed by atoms with van der Waals surface area (Å²) in [6, 6.07) is 18.5. The molecule has 28 heavy (non-hydrogen) atoms. The fraction of sp³-hybridized carbons (Fsp3) is 0.174. The van der Waals surface area contributed by atoms with E-state index in [0.717, 1.165) is 16.6 Å². The minimum Gasteiger partial charge on any atom is -0.326 e. The van der Waals surface area contributed by atoms with Gasteiger partial charge in [0.1, 0.15) is 0 Å². The molecule has 0 aliphatic carbocycles. The van der Waals surface area contributed by atoms with Gasteiger partial charge in [0, 0.05) is 35.2 Å². The molecule has 1 N–H and O–H groups in total. The molecule has 0 aromatic heterocycles. The van der Waals surface area contributed by atoms with Gasteiger partial charge in [-0.2, -0.15) is 0 Å². The number of imide groups is 1. The predicted octanol–water partition coefficient (Wildman–Crippen LogP) is 4.16. The lowest BCUT2D eigenvalue weighted by molar-refractivity contribution is -0.116. The Bertz CT molecular complexity index is 1050. The number of hydrogen-bond acceptors (Lipinski definition) is 3. The Morgan fingerprint density at radius 2 is 1.54 bits per heavy atom. The normalized spacial score (nSPS) is 13.1. The second-order valence-electron chi connectivity index (χ2n) is 6.94. The molecule has 1 heterocycles. The van der Waals surface area contributed by atoms with E-state index in [-0.39, 0.29) is 30.7 Å². The molecule has 0 radical (unpaired) electrons. The Kier molecular flexibility index (Phi) is 4.65. The minimum absolute atomic E-state index is 0.131. The lowest BCUT2D eigenvalue weighted by atomic mass is 9.94. The van der Waals surface area contributed by atoms with Crippen LogP contribution in [0.3, 0.4) is 0 Å². The zero-order valence-electron chi connectivity index (χ0n) is 15.6. The van der Waals surface area contributed by atoms with E-state index in [9.17, 15) is 14.4 Å². The van der Waals surface area contributed by atoms with Crippen LogP contribution in [0, 0.1) is 6.92 Å². The zero-order valence-corrected chi connectivity index (χ0v) is 15.6. The van der Waals surface area contributed by atoms with Crippen molar-refractivity contribution in [2.75, 3.05) is 11.9 Å². The Morgan fingerprint density at radius 3 is 2.18 bits per heavy atom. The van der Waals surface area contributed by atoms with E-state index < -0.39 is 0 Å². The maximum absolute atomic E-state index is 12.8. The molecule has 1 aliphatic heterocycles. The number of anilines is 1. The van der Waals surface area contributed by atoms with Gasteiger partial charge < -0.3 is 5.32 Å². The first kappa shape index (κ1) is 17.9. The van der Waals surface area contributed by atoms with Crippen LogP contribution in [-0.4, -0.2) is 29.2 Å². The lowest BCUT2D eigenvalue weighted by Gasteiger charge is -2.27. The summed E-state index contributed by atoms with van der Waals surface area (Å²) in [7, 11) is 0. The third-order valence-corrected chi connectivity index (χ3v) is 5.06. The summed E-state index contributed by atoms with van der Waals surface area (Å²) in [4.78, 5) is 39.1. The SMILES string of the molecule is Cc1ccccc1NC(=O)CCCN1C(=O)c2cccc3cccc(c23)C1=O. The number of rotatable bonds is 5. The molecule has 0 saturated heterocycles. The van der Waals surface area contributed by atoms with Gasteiger partial charge in [-0.15, -0.1) is 0 Å². The molecule has 3 aromatic rings. The molecule has 3 amide bonds. The molecule has 4 rings (SSSR count). The van der Waals surface area contributed by atoms with Crippen LogP contribution in [0.4, 0.5) is 5.69 Å². The molecule has 3 aromatic carbocycles. The molecular formula is C23H20N2O3. The summed E-state index contributed by atoms with van der Waals surface area (Å²) in [6.45, 7) is 2.14. The fourth-order valence-corrected chi connectivity index (χ4v) is 3.61. The smallest absolute Gasteiger partial charge is 0.261 e. The number of nitrogens with zero attached hydrogens (tertiary/aromatic N) is 1. The second-order valence-corrected chi connectivity index (χ2v) is 6.94. The van der Waals surface area contributed by atoms with E-state index >= 15 is 0 Å². The molecule has 0 fully saturated rings. The van der Waals surface area contributed by atoms with Gasteiger partial charge in [-0.3, -0.25) is 19.3 Å². The summed E-state index contributed by atoms with van der Waals surface area (Å²) in [5, 5.41) is 4.47. The Balaban J connectivity index is 1.45. The molecule has 0 bridgehead atoms. The van der Waals surface area contributed by atoms with Crippen LogP contribution >= 0.6 is 0 Å². The van der Waals surface area contributed by atoms with Gasteiger partial charge in [0.15, 0.2) is 0 Å². The standard InChI is InChI=1S/C23H20N2O3/c1-15-7-2-3-12-19(15)24-20(26)13-6-14-25-22(27)17-10-4-8-16-9-5-11-18(21(16)17)23(25)28/h2-5,7-12H,6,13-14H2,1H3,(H,24,26). The van der Waals surface area contributed by atoms with E-state index in [4.69, 9.17) is 0 Å². The van der Waals surface area contributed by atoms with Crippen LogP contribution in [0.15, 0.2) is 60.7 Å². The van der Waals surface area contributed by atoms with E-state index in [1.165, 1.54) is 4.90 Å². The van der Waals surface area contributed by atoms with Crippen molar-refractivity contribution in [3.05, 3.63) is 77.4 Å². The molecule has 0 saturated carbocycles. The molecule has 140 valence electrons. The highest BCUT2D eigenvalue weighted by molar-refractivity contribution is 6.25. The average molecular weight is 372 g/mol. The molecular weight excluding hydrogens is 352 g/mol. The highest BCUT2D eigenvalue weighted by Gasteiger charge is 2.32. The fourth-order valence-electron chi connectivity index (χ4n) is 3.61. The molecule has 0 unspecified atom stereocenters. The number of benzene rings is 3. The third-order valence-electron chi connectivity index (χ3n) is 5.06. The summed E-state index contributed by atoms with van der Waals surface area (Å²) >= 11 is 0. The lowest BCUT2D eigenvalue weighted by Crippen LogP contribution is -2.41. The van der Waals surface area contributed by atoms with Crippen molar-refractivity contribution in [1.82, 2.24) is 4.90 Å². The number of nitrogens with one attached hydrogen (secondary N) is 1. The number of para-hydroxylation sites is 1. The number of carbonyl (C=O) groups excluding carboxylic acids is 3. The molecule has 5 heteroatoms. The maximum Gasteiger partial charge on any atom is 0.261 e. The summed E-state index contributed by atoms with van der Waals surface area (Å²) in [5.41, 5.74) is 2.84. The average Bonchev–Trinajstić information content (AvgIpc) is 2.70. The summed E-state index contributed by atoms with van der Waals surface area (Å²) in [5.74, 6) is -0.726. The van der Waals surface area contributed by atoms with Gasteiger partial charge in [0.05, 0.1) is 0 Å². The largest absolute Gasteiger partial charge is 0.326 e. The van der Waals surface area contributed by atoms with Crippen LogP contribution < -0.4 is 5.32 Å². The Labute approximate surface area is 163 Å². The second kappa shape index (κ2) is 7.27. The van der Waals surface area contributed by atoms with E-state index in [1.54, 1.807) is 12.1 Å². The van der Waals surface area contributed by atoms with Crippen molar-refractivity contribution < 1.29 is 14.4 Å². The first-order valence-corrected chi connectivity index (χ1v) is 9.29. The zero-order chi connectivity index (χ0) is 19.7. The van der Waals surface area contributed by atoms with Crippen molar-refractivity contribution in [3.63, 3.8) is 0 Å². The van der Waals surface area contributed by atoms with Crippen LogP contribution in [0.5, 0.6) is 0 Å². The topological polar surface area (TPSA) is 66.5 Å². The quantitative estimate of drug-likeness (QED) is 0.684. The predicted molar refractivity (Wildman–Crippen MR) is 108 cm³/mol. The van der Waals surface area contributed by atoms with Gasteiger partial charge in [-0.1, -0.05) is 42.5 Å². The van der Waals surface area contributed by atoms with E-state index in [1.807, 2.05) is 55.5 Å². The molecule has 0 spiro atoms. The van der Waals surface area contributed by atoms with Gasteiger partial charge in [0.25, 0.3) is 11.8 Å². The highest BCUT2D eigenvalue weighted by atomic mass is 16.2. The summed E-state index contributed by atoms with van der Waals surface area (Å²) in [6.07, 6.45) is 0.643. The van der Waals surface area contributed by atoms with Crippen molar-refractivity contribution in [3.8, 4) is 0 Å². The van der Waals surface area contributed by atoms with Crippen molar-refractivity contribution in [1.29, 1.82) is 0 Å². The number of amides is 3. The van der Waals surface area contributed by atoms with Gasteiger partial charge >= 0.3 is 0 Å². The monoisotopic (exact) mass is 372 g/mol. The number of hydrogen-bond donors (Lipinski definition) is 1. The maximum atomic E-state index is 12.8. The van der Waals surface area contributed by atoms with E-state index in [0.29, 0.717) is 22.9 Å². The Hall–Kier alpha value is -3.47. The van der Waals surface area contributed by atoms with Gasteiger partial charge in [-0.25, -0.2) is 0 Å².